The summed E-state index contributed by atoms with van der Waals surface area (Å²) in [4.78, 5) is 12.0. The van der Waals surface area contributed by atoms with Crippen LogP contribution in [0.25, 0.3) is 0 Å². The summed E-state index contributed by atoms with van der Waals surface area (Å²) in [5.41, 5.74) is 0.992. The number of ether oxygens (including phenoxy) is 3. The van der Waals surface area contributed by atoms with Gasteiger partial charge in [-0.1, -0.05) is 69.4 Å². The molecule has 0 radical (unpaired) electrons. The van der Waals surface area contributed by atoms with Gasteiger partial charge in [0, 0.05) is 19.4 Å². The van der Waals surface area contributed by atoms with E-state index in [2.05, 4.69) is 0 Å². The molecule has 1 aromatic carbocycles. The van der Waals surface area contributed by atoms with Crippen molar-refractivity contribution in [3.05, 3.63) is 35.9 Å². The van der Waals surface area contributed by atoms with Crippen LogP contribution in [0.15, 0.2) is 30.3 Å². The van der Waals surface area contributed by atoms with E-state index in [1.807, 2.05) is 37.3 Å². The van der Waals surface area contributed by atoms with Crippen molar-refractivity contribution < 1.29 is 32.9 Å². The summed E-state index contributed by atoms with van der Waals surface area (Å²) >= 11 is 0. The van der Waals surface area contributed by atoms with Crippen LogP contribution in [0.4, 0.5) is 8.78 Å². The SMILES string of the molecule is CCCCC(F)(F)C(O)CC[C@@H]1[C@@H](CCCCCCC(=O)OCc2ccccc2)CC[C@H]1OC1CCCCO1. The van der Waals surface area contributed by atoms with Gasteiger partial charge in [0.25, 0.3) is 5.92 Å². The summed E-state index contributed by atoms with van der Waals surface area (Å²) in [6, 6.07) is 9.69. The lowest BCUT2D eigenvalue weighted by atomic mass is 9.84. The van der Waals surface area contributed by atoms with Gasteiger partial charge in [-0.2, -0.15) is 0 Å². The molecule has 0 aromatic heterocycles. The molecule has 5 atom stereocenters. The van der Waals surface area contributed by atoms with Gasteiger partial charge in [-0.25, -0.2) is 8.78 Å². The molecule has 5 nitrogen and oxygen atoms in total. The van der Waals surface area contributed by atoms with Crippen molar-refractivity contribution in [3.8, 4) is 0 Å². The molecule has 1 N–H and O–H groups in total. The number of halogens is 2. The van der Waals surface area contributed by atoms with Gasteiger partial charge in [-0.05, 0) is 75.2 Å². The topological polar surface area (TPSA) is 65.0 Å². The summed E-state index contributed by atoms with van der Waals surface area (Å²) in [6.45, 7) is 2.92. The average Bonchev–Trinajstić information content (AvgIpc) is 3.33. The Morgan fingerprint density at radius 1 is 1.05 bits per heavy atom. The van der Waals surface area contributed by atoms with Gasteiger partial charge < -0.3 is 19.3 Å². The van der Waals surface area contributed by atoms with Crippen molar-refractivity contribution in [1.29, 1.82) is 0 Å². The normalized spacial score (nSPS) is 24.5. The Labute approximate surface area is 234 Å². The van der Waals surface area contributed by atoms with Gasteiger partial charge >= 0.3 is 5.97 Å². The molecule has 2 aliphatic rings. The van der Waals surface area contributed by atoms with E-state index >= 15 is 0 Å². The van der Waals surface area contributed by atoms with E-state index in [1.54, 1.807) is 0 Å². The van der Waals surface area contributed by atoms with Crippen LogP contribution in [0, 0.1) is 11.8 Å². The fraction of sp³-hybridized carbons (Fsp3) is 0.781. The fourth-order valence-electron chi connectivity index (χ4n) is 6.05. The molecule has 2 unspecified atom stereocenters. The zero-order valence-corrected chi connectivity index (χ0v) is 23.8. The maximum absolute atomic E-state index is 14.4. The Morgan fingerprint density at radius 3 is 2.59 bits per heavy atom. The summed E-state index contributed by atoms with van der Waals surface area (Å²) in [5, 5.41) is 10.3. The third kappa shape index (κ3) is 11.4. The Hall–Kier alpha value is -1.57. The number of aliphatic hydroxyl groups is 1. The van der Waals surface area contributed by atoms with Gasteiger partial charge in [-0.3, -0.25) is 4.79 Å². The second-order valence-electron chi connectivity index (χ2n) is 11.5. The van der Waals surface area contributed by atoms with Crippen molar-refractivity contribution in [3.63, 3.8) is 0 Å². The van der Waals surface area contributed by atoms with E-state index in [9.17, 15) is 18.7 Å². The quantitative estimate of drug-likeness (QED) is 0.148. The van der Waals surface area contributed by atoms with Crippen LogP contribution in [-0.2, 0) is 25.6 Å². The molecule has 0 bridgehead atoms. The number of esters is 1. The standard InChI is InChI=1S/C32H50F2O5/c1-2-3-22-32(33,34)29(35)21-19-27-26(18-20-28(27)39-31-17-11-12-23-37-31)15-9-4-5-10-16-30(36)38-24-25-13-7-6-8-14-25/h6-8,13-14,26-29,31,35H,2-5,9-12,15-24H2,1H3/t26-,27+,28+,29?,31?/m0/s1. The predicted octanol–water partition coefficient (Wildman–Crippen LogP) is 7.98. The summed E-state index contributed by atoms with van der Waals surface area (Å²) in [6.07, 6.45) is 10.0. The number of carbonyl (C=O) groups excluding carboxylic acids is 1. The lowest BCUT2D eigenvalue weighted by Crippen LogP contribution is -2.36. The molecule has 0 spiro atoms. The average molecular weight is 553 g/mol. The lowest BCUT2D eigenvalue weighted by Gasteiger charge is -2.32. The number of hydrogen-bond donors (Lipinski definition) is 1. The molecule has 1 saturated heterocycles. The minimum absolute atomic E-state index is 0.00829. The number of aliphatic hydroxyl groups excluding tert-OH is 1. The number of rotatable bonds is 18. The number of hydrogen-bond acceptors (Lipinski definition) is 5. The first-order chi connectivity index (χ1) is 18.9. The van der Waals surface area contributed by atoms with Crippen LogP contribution in [-0.4, -0.2) is 42.1 Å². The summed E-state index contributed by atoms with van der Waals surface area (Å²) in [5.74, 6) is -2.62. The highest BCUT2D eigenvalue weighted by molar-refractivity contribution is 5.69. The van der Waals surface area contributed by atoms with Crippen molar-refractivity contribution in [2.45, 2.75) is 141 Å². The Morgan fingerprint density at radius 2 is 1.85 bits per heavy atom. The lowest BCUT2D eigenvalue weighted by molar-refractivity contribution is -0.197. The minimum Gasteiger partial charge on any atom is -0.461 e. The zero-order chi connectivity index (χ0) is 27.9. The fourth-order valence-corrected chi connectivity index (χ4v) is 6.05. The van der Waals surface area contributed by atoms with Gasteiger partial charge in [0.2, 0.25) is 0 Å². The maximum Gasteiger partial charge on any atom is 0.306 e. The number of benzene rings is 1. The first-order valence-electron chi connectivity index (χ1n) is 15.4. The highest BCUT2D eigenvalue weighted by atomic mass is 19.3. The van der Waals surface area contributed by atoms with Crippen LogP contribution in [0.3, 0.4) is 0 Å². The third-order valence-corrected chi connectivity index (χ3v) is 8.44. The van der Waals surface area contributed by atoms with E-state index in [4.69, 9.17) is 14.2 Å². The maximum atomic E-state index is 14.4. The molecule has 1 heterocycles. The van der Waals surface area contributed by atoms with Crippen molar-refractivity contribution >= 4 is 5.97 Å². The molecular weight excluding hydrogens is 502 g/mol. The van der Waals surface area contributed by atoms with Gasteiger partial charge in [-0.15, -0.1) is 0 Å². The Bertz CT molecular complexity index is 799. The second kappa shape index (κ2) is 17.3. The Balaban J connectivity index is 1.40. The van der Waals surface area contributed by atoms with Gasteiger partial charge in [0.15, 0.2) is 6.29 Å². The third-order valence-electron chi connectivity index (χ3n) is 8.44. The first kappa shape index (κ1) is 32.0. The largest absolute Gasteiger partial charge is 0.461 e. The monoisotopic (exact) mass is 552 g/mol. The van der Waals surface area contributed by atoms with E-state index in [0.717, 1.165) is 69.8 Å². The van der Waals surface area contributed by atoms with Gasteiger partial charge in [0.05, 0.1) is 6.10 Å². The first-order valence-corrected chi connectivity index (χ1v) is 15.4. The van der Waals surface area contributed by atoms with E-state index in [1.165, 1.54) is 0 Å². The summed E-state index contributed by atoms with van der Waals surface area (Å²) in [7, 11) is 0. The molecule has 1 saturated carbocycles. The molecule has 1 aliphatic carbocycles. The molecular formula is C32H50F2O5. The molecule has 7 heteroatoms. The van der Waals surface area contributed by atoms with E-state index < -0.39 is 12.0 Å². The molecule has 1 aliphatic heterocycles. The number of carbonyl (C=O) groups is 1. The number of unbranched alkanes of at least 4 members (excludes halogenated alkanes) is 4. The van der Waals surface area contributed by atoms with Gasteiger partial charge in [0.1, 0.15) is 12.7 Å². The summed E-state index contributed by atoms with van der Waals surface area (Å²) < 4.78 is 46.4. The zero-order valence-electron chi connectivity index (χ0n) is 23.8. The molecule has 2 fully saturated rings. The van der Waals surface area contributed by atoms with Crippen LogP contribution in [0.1, 0.15) is 115 Å². The van der Waals surface area contributed by atoms with Crippen molar-refractivity contribution in [1.82, 2.24) is 0 Å². The Kier molecular flexibility index (Phi) is 14.2. The van der Waals surface area contributed by atoms with Crippen LogP contribution >= 0.6 is 0 Å². The highest BCUT2D eigenvalue weighted by Crippen LogP contribution is 2.42. The van der Waals surface area contributed by atoms with Crippen LogP contribution in [0.5, 0.6) is 0 Å². The van der Waals surface area contributed by atoms with E-state index in [-0.39, 0.29) is 37.1 Å². The molecule has 39 heavy (non-hydrogen) atoms. The predicted molar refractivity (Wildman–Crippen MR) is 148 cm³/mol. The van der Waals surface area contributed by atoms with Crippen molar-refractivity contribution in [2.24, 2.45) is 11.8 Å². The molecule has 0 amide bonds. The molecule has 3 rings (SSSR count). The smallest absolute Gasteiger partial charge is 0.306 e. The minimum atomic E-state index is -3.03. The van der Waals surface area contributed by atoms with Crippen LogP contribution < -0.4 is 0 Å². The number of alkyl halides is 2. The second-order valence-corrected chi connectivity index (χ2v) is 11.5. The van der Waals surface area contributed by atoms with Crippen LogP contribution in [0.2, 0.25) is 0 Å². The molecule has 1 aromatic rings. The van der Waals surface area contributed by atoms with E-state index in [0.29, 0.717) is 44.8 Å². The van der Waals surface area contributed by atoms with Crippen molar-refractivity contribution in [2.75, 3.05) is 6.61 Å². The molecule has 222 valence electrons. The highest BCUT2D eigenvalue weighted by Gasteiger charge is 2.41.